The summed E-state index contributed by atoms with van der Waals surface area (Å²) in [7, 11) is 0. The lowest BCUT2D eigenvalue weighted by molar-refractivity contribution is 0.158. The van der Waals surface area contributed by atoms with Crippen molar-refractivity contribution in [2.24, 2.45) is 11.7 Å². The predicted octanol–water partition coefficient (Wildman–Crippen LogP) is -0.560. The Hall–Kier alpha value is -0.420. The molecule has 14 heavy (non-hydrogen) atoms. The smallest absolute Gasteiger partial charge is 0.0621 e. The molecular weight excluding hydrogens is 180 g/mol. The van der Waals surface area contributed by atoms with E-state index >= 15 is 0 Å². The van der Waals surface area contributed by atoms with Crippen LogP contribution in [-0.2, 0) is 4.74 Å². The molecule has 0 aromatic heterocycles. The Kier molecular flexibility index (Phi) is 5.11. The van der Waals surface area contributed by atoms with Gasteiger partial charge in [-0.15, -0.1) is 6.58 Å². The van der Waals surface area contributed by atoms with E-state index in [9.17, 15) is 0 Å². The maximum Gasteiger partial charge on any atom is 0.0621 e. The molecule has 2 atom stereocenters. The van der Waals surface area contributed by atoms with Gasteiger partial charge in [0.2, 0.25) is 0 Å². The zero-order chi connectivity index (χ0) is 10.4. The first-order chi connectivity index (χ1) is 6.77. The van der Waals surface area contributed by atoms with E-state index in [-0.39, 0.29) is 12.6 Å². The largest absolute Gasteiger partial charge is 0.395 e. The maximum absolute atomic E-state index is 8.86. The number of ether oxygens (including phenoxy) is 1. The van der Waals surface area contributed by atoms with Crippen molar-refractivity contribution in [1.82, 2.24) is 4.90 Å². The Balaban J connectivity index is 2.33. The minimum atomic E-state index is 0.140. The lowest BCUT2D eigenvalue weighted by Crippen LogP contribution is -2.39. The fourth-order valence-corrected chi connectivity index (χ4v) is 1.72. The third-order valence-electron chi connectivity index (χ3n) is 2.54. The molecule has 0 saturated carbocycles. The maximum atomic E-state index is 8.86. The standard InChI is InChI=1S/C10H20N2O2/c1-2-3-12(4-5-13)6-9-7-14-8-10(9)11/h2,9-10,13H,1,3-8,11H2. The molecule has 0 aromatic carbocycles. The highest BCUT2D eigenvalue weighted by molar-refractivity contribution is 4.83. The van der Waals surface area contributed by atoms with Gasteiger partial charge in [-0.2, -0.15) is 0 Å². The number of aliphatic hydroxyl groups excluding tert-OH is 1. The first-order valence-corrected chi connectivity index (χ1v) is 5.05. The van der Waals surface area contributed by atoms with Crippen molar-refractivity contribution in [2.75, 3.05) is 39.5 Å². The van der Waals surface area contributed by atoms with Crippen LogP contribution < -0.4 is 5.73 Å². The summed E-state index contributed by atoms with van der Waals surface area (Å²) in [5.74, 6) is 0.390. The third kappa shape index (κ3) is 3.38. The van der Waals surface area contributed by atoms with Crippen LogP contribution in [0.15, 0.2) is 12.7 Å². The van der Waals surface area contributed by atoms with Gasteiger partial charge in [0.25, 0.3) is 0 Å². The molecule has 1 fully saturated rings. The van der Waals surface area contributed by atoms with Crippen LogP contribution in [0.4, 0.5) is 0 Å². The fraction of sp³-hybridized carbons (Fsp3) is 0.800. The first-order valence-electron chi connectivity index (χ1n) is 5.05. The van der Waals surface area contributed by atoms with Crippen molar-refractivity contribution in [3.8, 4) is 0 Å². The Morgan fingerprint density at radius 1 is 1.57 bits per heavy atom. The van der Waals surface area contributed by atoms with Gasteiger partial charge in [0.05, 0.1) is 19.8 Å². The van der Waals surface area contributed by atoms with Gasteiger partial charge >= 0.3 is 0 Å². The van der Waals surface area contributed by atoms with Gasteiger partial charge in [-0.3, -0.25) is 4.90 Å². The summed E-state index contributed by atoms with van der Waals surface area (Å²) in [6, 6.07) is 0.140. The van der Waals surface area contributed by atoms with E-state index < -0.39 is 0 Å². The van der Waals surface area contributed by atoms with Crippen molar-refractivity contribution in [3.63, 3.8) is 0 Å². The molecule has 1 heterocycles. The van der Waals surface area contributed by atoms with Crippen molar-refractivity contribution >= 4 is 0 Å². The first kappa shape index (κ1) is 11.7. The number of hydrogen-bond donors (Lipinski definition) is 2. The minimum Gasteiger partial charge on any atom is -0.395 e. The molecule has 0 aromatic rings. The van der Waals surface area contributed by atoms with Crippen LogP contribution in [-0.4, -0.2) is 55.5 Å². The van der Waals surface area contributed by atoms with E-state index in [1.807, 2.05) is 6.08 Å². The fourth-order valence-electron chi connectivity index (χ4n) is 1.72. The summed E-state index contributed by atoms with van der Waals surface area (Å²) in [5, 5.41) is 8.86. The summed E-state index contributed by atoms with van der Waals surface area (Å²) in [5.41, 5.74) is 5.88. The molecule has 4 heteroatoms. The van der Waals surface area contributed by atoms with Crippen LogP contribution >= 0.6 is 0 Å². The highest BCUT2D eigenvalue weighted by atomic mass is 16.5. The Morgan fingerprint density at radius 3 is 2.86 bits per heavy atom. The van der Waals surface area contributed by atoms with E-state index in [4.69, 9.17) is 15.6 Å². The quantitative estimate of drug-likeness (QED) is 0.564. The zero-order valence-corrected chi connectivity index (χ0v) is 8.56. The van der Waals surface area contributed by atoms with Crippen molar-refractivity contribution in [3.05, 3.63) is 12.7 Å². The van der Waals surface area contributed by atoms with Crippen LogP contribution in [0.1, 0.15) is 0 Å². The molecule has 1 aliphatic heterocycles. The number of nitrogens with zero attached hydrogens (tertiary/aromatic N) is 1. The van der Waals surface area contributed by atoms with Crippen LogP contribution in [0, 0.1) is 5.92 Å². The van der Waals surface area contributed by atoms with Gasteiger partial charge in [-0.25, -0.2) is 0 Å². The highest BCUT2D eigenvalue weighted by Gasteiger charge is 2.26. The molecule has 2 unspecified atom stereocenters. The number of rotatable bonds is 6. The summed E-state index contributed by atoms with van der Waals surface area (Å²) < 4.78 is 5.29. The molecule has 1 rings (SSSR count). The average Bonchev–Trinajstić information content (AvgIpc) is 2.53. The normalized spacial score (nSPS) is 27.1. The Labute approximate surface area is 85.3 Å². The van der Waals surface area contributed by atoms with E-state index in [1.54, 1.807) is 0 Å². The third-order valence-corrected chi connectivity index (χ3v) is 2.54. The van der Waals surface area contributed by atoms with Gasteiger partial charge < -0.3 is 15.6 Å². The van der Waals surface area contributed by atoms with Gasteiger partial charge in [0, 0.05) is 31.6 Å². The molecule has 0 radical (unpaired) electrons. The SMILES string of the molecule is C=CCN(CCO)CC1COCC1N. The second-order valence-electron chi connectivity index (χ2n) is 3.73. The molecule has 0 spiro atoms. The van der Waals surface area contributed by atoms with E-state index in [1.165, 1.54) is 0 Å². The molecular formula is C10H20N2O2. The highest BCUT2D eigenvalue weighted by Crippen LogP contribution is 2.13. The van der Waals surface area contributed by atoms with Crippen molar-refractivity contribution in [1.29, 1.82) is 0 Å². The predicted molar refractivity (Wildman–Crippen MR) is 56.0 cm³/mol. The second-order valence-corrected chi connectivity index (χ2v) is 3.73. The Morgan fingerprint density at radius 2 is 2.36 bits per heavy atom. The summed E-state index contributed by atoms with van der Waals surface area (Å²) in [6.45, 7) is 7.62. The lowest BCUT2D eigenvalue weighted by atomic mass is 10.0. The molecule has 0 bridgehead atoms. The van der Waals surface area contributed by atoms with E-state index in [2.05, 4.69) is 11.5 Å². The lowest BCUT2D eigenvalue weighted by Gasteiger charge is -2.24. The van der Waals surface area contributed by atoms with Crippen LogP contribution in [0.5, 0.6) is 0 Å². The van der Waals surface area contributed by atoms with E-state index in [0.29, 0.717) is 19.1 Å². The second kappa shape index (κ2) is 6.14. The van der Waals surface area contributed by atoms with E-state index in [0.717, 1.165) is 19.7 Å². The summed E-state index contributed by atoms with van der Waals surface area (Å²) in [6.07, 6.45) is 1.84. The number of nitrogens with two attached hydrogens (primary N) is 1. The molecule has 4 nitrogen and oxygen atoms in total. The van der Waals surface area contributed by atoms with Gasteiger partial charge in [-0.1, -0.05) is 6.08 Å². The van der Waals surface area contributed by atoms with Gasteiger partial charge in [0.1, 0.15) is 0 Å². The minimum absolute atomic E-state index is 0.140. The molecule has 1 saturated heterocycles. The van der Waals surface area contributed by atoms with Crippen molar-refractivity contribution in [2.45, 2.75) is 6.04 Å². The number of aliphatic hydroxyl groups is 1. The van der Waals surface area contributed by atoms with Gasteiger partial charge in [-0.05, 0) is 0 Å². The summed E-state index contributed by atoms with van der Waals surface area (Å²) >= 11 is 0. The molecule has 82 valence electrons. The molecule has 0 aliphatic carbocycles. The van der Waals surface area contributed by atoms with Gasteiger partial charge in [0.15, 0.2) is 0 Å². The van der Waals surface area contributed by atoms with Crippen LogP contribution in [0.25, 0.3) is 0 Å². The number of hydrogen-bond acceptors (Lipinski definition) is 4. The molecule has 0 amide bonds. The molecule has 1 aliphatic rings. The zero-order valence-electron chi connectivity index (χ0n) is 8.56. The van der Waals surface area contributed by atoms with Crippen LogP contribution in [0.2, 0.25) is 0 Å². The molecule has 3 N–H and O–H groups in total. The van der Waals surface area contributed by atoms with Crippen molar-refractivity contribution < 1.29 is 9.84 Å². The summed E-state index contributed by atoms with van der Waals surface area (Å²) in [4.78, 5) is 2.15. The monoisotopic (exact) mass is 200 g/mol. The van der Waals surface area contributed by atoms with Crippen LogP contribution in [0.3, 0.4) is 0 Å². The Bertz CT molecular complexity index is 176. The topological polar surface area (TPSA) is 58.7 Å². The average molecular weight is 200 g/mol.